The number of esters is 1. The van der Waals surface area contributed by atoms with Gasteiger partial charge in [0, 0.05) is 17.0 Å². The maximum absolute atomic E-state index is 12.9. The lowest BCUT2D eigenvalue weighted by Gasteiger charge is -2.33. The van der Waals surface area contributed by atoms with Crippen LogP contribution in [-0.4, -0.2) is 61.1 Å². The molecule has 4 rings (SSSR count). The van der Waals surface area contributed by atoms with E-state index in [1.807, 2.05) is 6.07 Å². The van der Waals surface area contributed by atoms with Gasteiger partial charge < -0.3 is 9.64 Å². The number of hydrogen-bond acceptors (Lipinski definition) is 6. The van der Waals surface area contributed by atoms with Crippen LogP contribution < -0.4 is 0 Å². The third-order valence-electron chi connectivity index (χ3n) is 6.39. The molecular weight excluding hydrogens is 422 g/mol. The lowest BCUT2D eigenvalue weighted by Crippen LogP contribution is -2.48. The zero-order chi connectivity index (χ0) is 21.1. The Morgan fingerprint density at radius 2 is 1.80 bits per heavy atom. The molecule has 2 aliphatic carbocycles. The van der Waals surface area contributed by atoms with E-state index in [0.29, 0.717) is 6.42 Å². The standard InChI is InChI=1S/C22H29NO5S2/c24-21(23(18-6-1-2-7-18)19-10-11-30(26,27)15-19)13-28-22(25)14-29-20-9-8-16-4-3-5-17(16)12-20/h8-9,12,18-19H,1-7,10-11,13-15H2. The van der Waals surface area contributed by atoms with Crippen molar-refractivity contribution < 1.29 is 22.7 Å². The molecule has 1 heterocycles. The lowest BCUT2D eigenvalue weighted by atomic mass is 10.1. The van der Waals surface area contributed by atoms with Crippen LogP contribution in [0.25, 0.3) is 0 Å². The molecule has 30 heavy (non-hydrogen) atoms. The molecule has 1 aromatic rings. The van der Waals surface area contributed by atoms with Crippen LogP contribution in [0, 0.1) is 0 Å². The molecule has 1 atom stereocenters. The van der Waals surface area contributed by atoms with Crippen molar-refractivity contribution in [2.45, 2.75) is 68.3 Å². The van der Waals surface area contributed by atoms with Gasteiger partial charge in [-0.05, 0) is 61.8 Å². The smallest absolute Gasteiger partial charge is 0.316 e. The predicted octanol–water partition coefficient (Wildman–Crippen LogP) is 2.77. The number of nitrogens with zero attached hydrogens (tertiary/aromatic N) is 1. The van der Waals surface area contributed by atoms with Crippen LogP contribution >= 0.6 is 11.8 Å². The summed E-state index contributed by atoms with van der Waals surface area (Å²) >= 11 is 1.43. The maximum Gasteiger partial charge on any atom is 0.316 e. The number of fused-ring (bicyclic) bond motifs is 1. The van der Waals surface area contributed by atoms with Gasteiger partial charge in [-0.25, -0.2) is 8.42 Å². The number of thioether (sulfide) groups is 1. The second-order valence-corrected chi connectivity index (χ2v) is 11.8. The van der Waals surface area contributed by atoms with E-state index in [1.165, 1.54) is 29.3 Å². The summed E-state index contributed by atoms with van der Waals surface area (Å²) in [5, 5.41) is 0. The van der Waals surface area contributed by atoms with Crippen LogP contribution in [0.2, 0.25) is 0 Å². The third-order valence-corrected chi connectivity index (χ3v) is 9.11. The average molecular weight is 452 g/mol. The van der Waals surface area contributed by atoms with Crippen LogP contribution in [0.5, 0.6) is 0 Å². The summed E-state index contributed by atoms with van der Waals surface area (Å²) in [5.74, 6) is -0.366. The lowest BCUT2D eigenvalue weighted by molar-refractivity contribution is -0.152. The molecular formula is C22H29NO5S2. The minimum Gasteiger partial charge on any atom is -0.455 e. The first kappa shape index (κ1) is 21.7. The van der Waals surface area contributed by atoms with Gasteiger partial charge in [0.2, 0.25) is 0 Å². The zero-order valence-electron chi connectivity index (χ0n) is 17.2. The Bertz CT molecular complexity index is 908. The molecule has 0 radical (unpaired) electrons. The molecule has 1 saturated heterocycles. The van der Waals surface area contributed by atoms with Crippen LogP contribution in [0.1, 0.15) is 49.7 Å². The van der Waals surface area contributed by atoms with Crippen molar-refractivity contribution in [2.75, 3.05) is 23.9 Å². The normalized spacial score (nSPS) is 22.7. The van der Waals surface area contributed by atoms with E-state index in [1.54, 1.807) is 4.90 Å². The second-order valence-electron chi connectivity index (χ2n) is 8.53. The van der Waals surface area contributed by atoms with E-state index in [4.69, 9.17) is 4.74 Å². The number of ether oxygens (including phenoxy) is 1. The molecule has 8 heteroatoms. The van der Waals surface area contributed by atoms with Gasteiger partial charge in [-0.2, -0.15) is 0 Å². The van der Waals surface area contributed by atoms with Crippen molar-refractivity contribution in [1.82, 2.24) is 4.90 Å². The Balaban J connectivity index is 1.29. The van der Waals surface area contributed by atoms with Crippen molar-refractivity contribution in [3.63, 3.8) is 0 Å². The van der Waals surface area contributed by atoms with Gasteiger partial charge in [0.05, 0.1) is 17.3 Å². The van der Waals surface area contributed by atoms with E-state index in [0.717, 1.165) is 43.4 Å². The fraction of sp³-hybridized carbons (Fsp3) is 0.636. The largest absolute Gasteiger partial charge is 0.455 e. The van der Waals surface area contributed by atoms with Gasteiger partial charge in [-0.3, -0.25) is 9.59 Å². The predicted molar refractivity (Wildman–Crippen MR) is 116 cm³/mol. The molecule has 0 N–H and O–H groups in total. The summed E-state index contributed by atoms with van der Waals surface area (Å²) in [4.78, 5) is 27.9. The highest BCUT2D eigenvalue weighted by Crippen LogP contribution is 2.30. The van der Waals surface area contributed by atoms with E-state index in [9.17, 15) is 18.0 Å². The van der Waals surface area contributed by atoms with Gasteiger partial charge in [-0.15, -0.1) is 11.8 Å². The fourth-order valence-corrected chi connectivity index (χ4v) is 7.39. The molecule has 3 aliphatic rings. The minimum atomic E-state index is -3.08. The van der Waals surface area contributed by atoms with Gasteiger partial charge in [0.15, 0.2) is 16.4 Å². The topological polar surface area (TPSA) is 80.8 Å². The van der Waals surface area contributed by atoms with E-state index < -0.39 is 15.8 Å². The number of sulfone groups is 1. The minimum absolute atomic E-state index is 0.0252. The highest BCUT2D eigenvalue weighted by atomic mass is 32.2. The Hall–Kier alpha value is -1.54. The van der Waals surface area contributed by atoms with Crippen LogP contribution in [-0.2, 0) is 37.0 Å². The molecule has 2 fully saturated rings. The molecule has 1 aliphatic heterocycles. The van der Waals surface area contributed by atoms with Crippen molar-refractivity contribution in [1.29, 1.82) is 0 Å². The number of aryl methyl sites for hydroxylation is 2. The van der Waals surface area contributed by atoms with Crippen molar-refractivity contribution in [2.24, 2.45) is 0 Å². The van der Waals surface area contributed by atoms with Crippen LogP contribution in [0.4, 0.5) is 0 Å². The Morgan fingerprint density at radius 1 is 1.03 bits per heavy atom. The summed E-state index contributed by atoms with van der Waals surface area (Å²) in [5.41, 5.74) is 2.76. The molecule has 1 amide bonds. The van der Waals surface area contributed by atoms with Crippen LogP contribution in [0.15, 0.2) is 23.1 Å². The molecule has 0 bridgehead atoms. The number of benzene rings is 1. The van der Waals surface area contributed by atoms with Gasteiger partial charge in [-0.1, -0.05) is 18.9 Å². The first-order chi connectivity index (χ1) is 14.4. The van der Waals surface area contributed by atoms with Gasteiger partial charge >= 0.3 is 5.97 Å². The van der Waals surface area contributed by atoms with E-state index in [2.05, 4.69) is 12.1 Å². The third kappa shape index (κ3) is 5.19. The van der Waals surface area contributed by atoms with Gasteiger partial charge in [0.25, 0.3) is 5.91 Å². The summed E-state index contributed by atoms with van der Waals surface area (Å²) in [6.07, 6.45) is 7.77. The number of hydrogen-bond donors (Lipinski definition) is 0. The molecule has 6 nitrogen and oxygen atoms in total. The number of amides is 1. The summed E-state index contributed by atoms with van der Waals surface area (Å²) in [6, 6.07) is 6.10. The quantitative estimate of drug-likeness (QED) is 0.468. The zero-order valence-corrected chi connectivity index (χ0v) is 18.8. The monoisotopic (exact) mass is 451 g/mol. The Kier molecular flexibility index (Phi) is 6.72. The van der Waals surface area contributed by atoms with Crippen LogP contribution in [0.3, 0.4) is 0 Å². The maximum atomic E-state index is 12.9. The molecule has 1 unspecified atom stereocenters. The number of rotatable bonds is 7. The second kappa shape index (κ2) is 9.30. The number of carbonyl (C=O) groups excluding carboxylic acids is 2. The highest BCUT2D eigenvalue weighted by Gasteiger charge is 2.39. The van der Waals surface area contributed by atoms with Crippen molar-refractivity contribution in [3.8, 4) is 0 Å². The molecule has 164 valence electrons. The molecule has 1 aromatic carbocycles. The summed E-state index contributed by atoms with van der Waals surface area (Å²) in [6.45, 7) is -0.309. The van der Waals surface area contributed by atoms with E-state index in [-0.39, 0.29) is 41.9 Å². The average Bonchev–Trinajstić information content (AvgIpc) is 3.46. The highest BCUT2D eigenvalue weighted by molar-refractivity contribution is 8.00. The van der Waals surface area contributed by atoms with Gasteiger partial charge in [0.1, 0.15) is 0 Å². The number of carbonyl (C=O) groups is 2. The van der Waals surface area contributed by atoms with E-state index >= 15 is 0 Å². The summed E-state index contributed by atoms with van der Waals surface area (Å²) < 4.78 is 29.1. The molecule has 0 spiro atoms. The Labute approximate surface area is 182 Å². The summed E-state index contributed by atoms with van der Waals surface area (Å²) in [7, 11) is -3.08. The fourth-order valence-electron chi connectivity index (χ4n) is 4.92. The Morgan fingerprint density at radius 3 is 2.53 bits per heavy atom. The SMILES string of the molecule is O=C(CSc1ccc2c(c1)CCC2)OCC(=O)N(C1CCCC1)C1CCS(=O)(=O)C1. The first-order valence-electron chi connectivity index (χ1n) is 10.8. The molecule has 1 saturated carbocycles. The van der Waals surface area contributed by atoms with Crippen molar-refractivity contribution >= 4 is 33.5 Å². The first-order valence-corrected chi connectivity index (χ1v) is 13.6. The molecule has 0 aromatic heterocycles. The van der Waals surface area contributed by atoms with Crippen molar-refractivity contribution in [3.05, 3.63) is 29.3 Å².